The van der Waals surface area contributed by atoms with Crippen molar-refractivity contribution in [3.8, 4) is 0 Å². The number of thioether (sulfide) groups is 1. The maximum Gasteiger partial charge on any atom is 0.259 e. The first-order valence-electron chi connectivity index (χ1n) is 8.85. The van der Waals surface area contributed by atoms with Gasteiger partial charge in [0.15, 0.2) is 0 Å². The van der Waals surface area contributed by atoms with Gasteiger partial charge < -0.3 is 14.7 Å². The van der Waals surface area contributed by atoms with Crippen LogP contribution < -0.4 is 5.32 Å². The van der Waals surface area contributed by atoms with Crippen LogP contribution in [0.1, 0.15) is 61.0 Å². The molecule has 0 spiro atoms. The standard InChI is InChI=1S/C17H27N3O2S/c1-2-23-14-5-3-4-10-20(11-14)17(21)15-12-22-19-16(15)13-6-8-18-9-7-13/h12-14,18H,2-11H2,1H3. The Kier molecular flexibility index (Phi) is 6.00. The molecule has 3 rings (SSSR count). The van der Waals surface area contributed by atoms with E-state index in [2.05, 4.69) is 17.4 Å². The molecule has 2 fully saturated rings. The maximum absolute atomic E-state index is 13.0. The largest absolute Gasteiger partial charge is 0.364 e. The van der Waals surface area contributed by atoms with Crippen molar-refractivity contribution < 1.29 is 9.32 Å². The van der Waals surface area contributed by atoms with Gasteiger partial charge in [-0.2, -0.15) is 11.8 Å². The van der Waals surface area contributed by atoms with E-state index in [1.165, 1.54) is 12.8 Å². The minimum absolute atomic E-state index is 0.114. The van der Waals surface area contributed by atoms with E-state index < -0.39 is 0 Å². The first-order valence-corrected chi connectivity index (χ1v) is 9.90. The fourth-order valence-electron chi connectivity index (χ4n) is 3.62. The average Bonchev–Trinajstić information content (AvgIpc) is 2.96. The van der Waals surface area contributed by atoms with E-state index in [1.807, 2.05) is 16.7 Å². The second-order valence-corrected chi connectivity index (χ2v) is 8.04. The first kappa shape index (κ1) is 16.8. The number of nitrogens with zero attached hydrogens (tertiary/aromatic N) is 2. The van der Waals surface area contributed by atoms with Crippen LogP contribution >= 0.6 is 11.8 Å². The molecule has 23 heavy (non-hydrogen) atoms. The molecule has 2 aliphatic rings. The van der Waals surface area contributed by atoms with E-state index in [0.29, 0.717) is 16.7 Å². The molecule has 6 heteroatoms. The monoisotopic (exact) mass is 337 g/mol. The molecule has 1 atom stereocenters. The van der Waals surface area contributed by atoms with Crippen molar-refractivity contribution in [3.63, 3.8) is 0 Å². The molecule has 0 aliphatic carbocycles. The fourth-order valence-corrected chi connectivity index (χ4v) is 4.71. The summed E-state index contributed by atoms with van der Waals surface area (Å²) in [4.78, 5) is 15.1. The molecule has 3 heterocycles. The molecule has 0 aromatic carbocycles. The van der Waals surface area contributed by atoms with Crippen LogP contribution in [0.5, 0.6) is 0 Å². The third-order valence-corrected chi connectivity index (χ3v) is 6.06. The minimum Gasteiger partial charge on any atom is -0.364 e. The number of rotatable bonds is 4. The van der Waals surface area contributed by atoms with Gasteiger partial charge in [0, 0.05) is 24.3 Å². The van der Waals surface area contributed by atoms with Gasteiger partial charge in [-0.15, -0.1) is 0 Å². The van der Waals surface area contributed by atoms with Crippen molar-refractivity contribution in [3.05, 3.63) is 17.5 Å². The van der Waals surface area contributed by atoms with Crippen molar-refractivity contribution in [2.24, 2.45) is 0 Å². The van der Waals surface area contributed by atoms with Crippen molar-refractivity contribution >= 4 is 17.7 Å². The topological polar surface area (TPSA) is 58.4 Å². The van der Waals surface area contributed by atoms with Gasteiger partial charge in [0.1, 0.15) is 11.8 Å². The summed E-state index contributed by atoms with van der Waals surface area (Å²) in [5.74, 6) is 1.57. The van der Waals surface area contributed by atoms with Gasteiger partial charge in [0.05, 0.1) is 5.69 Å². The molecule has 0 bridgehead atoms. The lowest BCUT2D eigenvalue weighted by Crippen LogP contribution is -2.36. The summed E-state index contributed by atoms with van der Waals surface area (Å²) in [5, 5.41) is 8.10. The lowest BCUT2D eigenvalue weighted by Gasteiger charge is -2.25. The molecule has 2 saturated heterocycles. The lowest BCUT2D eigenvalue weighted by molar-refractivity contribution is 0.0761. The molecular formula is C17H27N3O2S. The molecule has 128 valence electrons. The SMILES string of the molecule is CCSC1CCCCN(C(=O)c2conc2C2CCNCC2)C1. The predicted molar refractivity (Wildman–Crippen MR) is 93.0 cm³/mol. The summed E-state index contributed by atoms with van der Waals surface area (Å²) >= 11 is 1.98. The molecule has 1 aromatic heterocycles. The van der Waals surface area contributed by atoms with Gasteiger partial charge >= 0.3 is 0 Å². The van der Waals surface area contributed by atoms with E-state index in [0.717, 1.165) is 56.9 Å². The Morgan fingerprint density at radius 1 is 1.39 bits per heavy atom. The Morgan fingerprint density at radius 3 is 3.00 bits per heavy atom. The van der Waals surface area contributed by atoms with Crippen molar-refractivity contribution in [2.75, 3.05) is 31.9 Å². The molecule has 5 nitrogen and oxygen atoms in total. The zero-order valence-electron chi connectivity index (χ0n) is 13.9. The second-order valence-electron chi connectivity index (χ2n) is 6.46. The van der Waals surface area contributed by atoms with Crippen LogP contribution in [0, 0.1) is 0 Å². The van der Waals surface area contributed by atoms with Gasteiger partial charge in [-0.25, -0.2) is 0 Å². The minimum atomic E-state index is 0.114. The number of likely N-dealkylation sites (tertiary alicyclic amines) is 1. The van der Waals surface area contributed by atoms with Gasteiger partial charge in [-0.1, -0.05) is 18.5 Å². The zero-order valence-corrected chi connectivity index (χ0v) is 14.7. The van der Waals surface area contributed by atoms with E-state index in [9.17, 15) is 4.79 Å². The average molecular weight is 337 g/mol. The van der Waals surface area contributed by atoms with Crippen molar-refractivity contribution in [2.45, 2.75) is 50.2 Å². The van der Waals surface area contributed by atoms with Crippen LogP contribution in [-0.2, 0) is 0 Å². The van der Waals surface area contributed by atoms with Crippen molar-refractivity contribution in [1.29, 1.82) is 0 Å². The fraction of sp³-hybridized carbons (Fsp3) is 0.765. The highest BCUT2D eigenvalue weighted by atomic mass is 32.2. The van der Waals surface area contributed by atoms with Gasteiger partial charge in [0.2, 0.25) is 0 Å². The lowest BCUT2D eigenvalue weighted by atomic mass is 9.92. The normalized spacial score (nSPS) is 23.7. The number of aromatic nitrogens is 1. The molecule has 1 unspecified atom stereocenters. The number of hydrogen-bond donors (Lipinski definition) is 1. The molecule has 1 aromatic rings. The third kappa shape index (κ3) is 4.10. The zero-order chi connectivity index (χ0) is 16.1. The molecular weight excluding hydrogens is 310 g/mol. The number of carbonyl (C=O) groups excluding carboxylic acids is 1. The van der Waals surface area contributed by atoms with Crippen LogP contribution in [0.4, 0.5) is 0 Å². The second kappa shape index (κ2) is 8.20. The summed E-state index contributed by atoms with van der Waals surface area (Å²) < 4.78 is 5.19. The summed E-state index contributed by atoms with van der Waals surface area (Å²) in [5.41, 5.74) is 1.57. The summed E-state index contributed by atoms with van der Waals surface area (Å²) in [7, 11) is 0. The summed E-state index contributed by atoms with van der Waals surface area (Å²) in [6.07, 6.45) is 7.15. The smallest absolute Gasteiger partial charge is 0.259 e. The molecule has 0 radical (unpaired) electrons. The Morgan fingerprint density at radius 2 is 2.22 bits per heavy atom. The Bertz CT molecular complexity index is 514. The van der Waals surface area contributed by atoms with Crippen LogP contribution in [0.2, 0.25) is 0 Å². The Hall–Kier alpha value is -1.01. The van der Waals surface area contributed by atoms with Crippen LogP contribution in [0.25, 0.3) is 0 Å². The molecule has 2 aliphatic heterocycles. The maximum atomic E-state index is 13.0. The third-order valence-electron chi connectivity index (χ3n) is 4.87. The van der Waals surface area contributed by atoms with Crippen LogP contribution in [-0.4, -0.2) is 53.1 Å². The molecule has 0 saturated carbocycles. The highest BCUT2D eigenvalue weighted by Gasteiger charge is 2.29. The highest BCUT2D eigenvalue weighted by Crippen LogP contribution is 2.29. The Balaban J connectivity index is 1.73. The first-order chi connectivity index (χ1) is 11.3. The van der Waals surface area contributed by atoms with E-state index in [4.69, 9.17) is 4.52 Å². The van der Waals surface area contributed by atoms with Gasteiger partial charge in [-0.3, -0.25) is 4.79 Å². The molecule has 1 amide bonds. The number of amides is 1. The molecule has 1 N–H and O–H groups in total. The van der Waals surface area contributed by atoms with Crippen molar-refractivity contribution in [1.82, 2.24) is 15.4 Å². The van der Waals surface area contributed by atoms with E-state index in [-0.39, 0.29) is 5.91 Å². The van der Waals surface area contributed by atoms with E-state index >= 15 is 0 Å². The van der Waals surface area contributed by atoms with Gasteiger partial charge in [0.25, 0.3) is 5.91 Å². The van der Waals surface area contributed by atoms with Gasteiger partial charge in [-0.05, 0) is 44.5 Å². The highest BCUT2D eigenvalue weighted by molar-refractivity contribution is 7.99. The predicted octanol–water partition coefficient (Wildman–Crippen LogP) is 2.89. The summed E-state index contributed by atoms with van der Waals surface area (Å²) in [6, 6.07) is 0. The van der Waals surface area contributed by atoms with E-state index in [1.54, 1.807) is 6.26 Å². The van der Waals surface area contributed by atoms with Crippen LogP contribution in [0.3, 0.4) is 0 Å². The number of hydrogen-bond acceptors (Lipinski definition) is 5. The number of piperidine rings is 1. The summed E-state index contributed by atoms with van der Waals surface area (Å²) in [6.45, 7) is 5.88. The number of nitrogens with one attached hydrogen (secondary N) is 1. The Labute approximate surface area is 142 Å². The number of carbonyl (C=O) groups is 1. The quantitative estimate of drug-likeness (QED) is 0.915. The van der Waals surface area contributed by atoms with Crippen LogP contribution in [0.15, 0.2) is 10.8 Å².